The fourth-order valence-electron chi connectivity index (χ4n) is 1.86. The lowest BCUT2D eigenvalue weighted by atomic mass is 10.2. The van der Waals surface area contributed by atoms with E-state index in [1.165, 1.54) is 0 Å². The molecule has 0 radical (unpaired) electrons. The fraction of sp³-hybridized carbons (Fsp3) is 0.133. The van der Waals surface area contributed by atoms with Crippen molar-refractivity contribution in [3.63, 3.8) is 0 Å². The van der Waals surface area contributed by atoms with Crippen LogP contribution in [0.4, 0.5) is 5.69 Å². The second kappa shape index (κ2) is 6.41. The summed E-state index contributed by atoms with van der Waals surface area (Å²) in [5.41, 5.74) is 1.32. The number of hydrogen-bond acceptors (Lipinski definition) is 2. The van der Waals surface area contributed by atoms with Crippen LogP contribution in [-0.4, -0.2) is 20.1 Å². The number of carbonyl (C=O) groups is 1. The lowest BCUT2D eigenvalue weighted by Crippen LogP contribution is -2.27. The van der Waals surface area contributed by atoms with E-state index >= 15 is 0 Å². The van der Waals surface area contributed by atoms with Gasteiger partial charge in [-0.1, -0.05) is 28.1 Å². The first-order valence-corrected chi connectivity index (χ1v) is 7.49. The molecule has 2 aromatic rings. The number of anilines is 1. The molecule has 0 heterocycles. The van der Waals surface area contributed by atoms with Gasteiger partial charge in [0.05, 0.1) is 18.4 Å². The number of para-hydroxylation sites is 2. The molecule has 0 aliphatic carbocycles. The van der Waals surface area contributed by atoms with E-state index in [0.717, 1.165) is 14.6 Å². The Balaban J connectivity index is 2.40. The molecule has 0 bridgehead atoms. The SMILES string of the molecule is COc1ccccc1N(C)C(=O)c1cc(Br)ccc1Br. The molecule has 0 N–H and O–H groups in total. The molecule has 0 saturated heterocycles. The average molecular weight is 399 g/mol. The highest BCUT2D eigenvalue weighted by Crippen LogP contribution is 2.30. The van der Waals surface area contributed by atoms with Gasteiger partial charge in [0, 0.05) is 16.0 Å². The van der Waals surface area contributed by atoms with Crippen LogP contribution in [0.15, 0.2) is 51.4 Å². The summed E-state index contributed by atoms with van der Waals surface area (Å²) >= 11 is 6.79. The van der Waals surface area contributed by atoms with E-state index in [4.69, 9.17) is 4.74 Å². The molecular weight excluding hydrogens is 386 g/mol. The molecule has 104 valence electrons. The summed E-state index contributed by atoms with van der Waals surface area (Å²) in [6.45, 7) is 0. The monoisotopic (exact) mass is 397 g/mol. The number of ether oxygens (including phenoxy) is 1. The summed E-state index contributed by atoms with van der Waals surface area (Å²) in [6, 6.07) is 12.9. The Hall–Kier alpha value is -1.33. The van der Waals surface area contributed by atoms with Crippen LogP contribution in [0, 0.1) is 0 Å². The van der Waals surface area contributed by atoms with Gasteiger partial charge in [-0.3, -0.25) is 4.79 Å². The molecule has 5 heteroatoms. The molecule has 0 unspecified atom stereocenters. The highest BCUT2D eigenvalue weighted by atomic mass is 79.9. The van der Waals surface area contributed by atoms with Crippen LogP contribution in [0.5, 0.6) is 5.75 Å². The van der Waals surface area contributed by atoms with Crippen molar-refractivity contribution in [2.45, 2.75) is 0 Å². The third-order valence-electron chi connectivity index (χ3n) is 2.91. The molecule has 0 aromatic heterocycles. The third-order valence-corrected chi connectivity index (χ3v) is 4.09. The Morgan fingerprint density at radius 3 is 2.55 bits per heavy atom. The van der Waals surface area contributed by atoms with Crippen LogP contribution in [0.2, 0.25) is 0 Å². The van der Waals surface area contributed by atoms with Crippen LogP contribution < -0.4 is 9.64 Å². The smallest absolute Gasteiger partial charge is 0.259 e. The highest BCUT2D eigenvalue weighted by molar-refractivity contribution is 9.11. The molecule has 2 rings (SSSR count). The number of nitrogens with zero attached hydrogens (tertiary/aromatic N) is 1. The molecule has 0 atom stereocenters. The minimum Gasteiger partial charge on any atom is -0.495 e. The first-order chi connectivity index (χ1) is 9.54. The maximum atomic E-state index is 12.6. The Labute approximate surface area is 134 Å². The molecule has 0 saturated carbocycles. The van der Waals surface area contributed by atoms with E-state index in [9.17, 15) is 4.79 Å². The number of rotatable bonds is 3. The number of amides is 1. The van der Waals surface area contributed by atoms with Crippen LogP contribution in [0.25, 0.3) is 0 Å². The Morgan fingerprint density at radius 2 is 1.85 bits per heavy atom. The second-order valence-corrected chi connectivity index (χ2v) is 5.93. The van der Waals surface area contributed by atoms with E-state index in [2.05, 4.69) is 31.9 Å². The van der Waals surface area contributed by atoms with Crippen molar-refractivity contribution in [3.8, 4) is 5.75 Å². The predicted octanol–water partition coefficient (Wildman–Crippen LogP) is 4.50. The maximum Gasteiger partial charge on any atom is 0.259 e. The van der Waals surface area contributed by atoms with Crippen LogP contribution in [-0.2, 0) is 0 Å². The van der Waals surface area contributed by atoms with Crippen molar-refractivity contribution in [1.29, 1.82) is 0 Å². The van der Waals surface area contributed by atoms with Gasteiger partial charge in [-0.05, 0) is 46.3 Å². The van der Waals surface area contributed by atoms with Crippen molar-refractivity contribution in [3.05, 3.63) is 57.0 Å². The van der Waals surface area contributed by atoms with E-state index in [1.807, 2.05) is 36.4 Å². The lowest BCUT2D eigenvalue weighted by Gasteiger charge is -2.20. The molecule has 3 nitrogen and oxygen atoms in total. The van der Waals surface area contributed by atoms with Gasteiger partial charge in [0.2, 0.25) is 0 Å². The zero-order valence-corrected chi connectivity index (χ0v) is 14.2. The fourth-order valence-corrected chi connectivity index (χ4v) is 2.64. The second-order valence-electron chi connectivity index (χ2n) is 4.16. The molecule has 1 amide bonds. The highest BCUT2D eigenvalue weighted by Gasteiger charge is 2.19. The lowest BCUT2D eigenvalue weighted by molar-refractivity contribution is 0.0991. The topological polar surface area (TPSA) is 29.5 Å². The summed E-state index contributed by atoms with van der Waals surface area (Å²) in [5.74, 6) is 0.553. The van der Waals surface area contributed by atoms with Crippen LogP contribution >= 0.6 is 31.9 Å². The molecule has 0 spiro atoms. The number of carbonyl (C=O) groups excluding carboxylic acids is 1. The number of methoxy groups -OCH3 is 1. The van der Waals surface area contributed by atoms with E-state index < -0.39 is 0 Å². The van der Waals surface area contributed by atoms with Crippen LogP contribution in [0.3, 0.4) is 0 Å². The van der Waals surface area contributed by atoms with Crippen molar-refractivity contribution < 1.29 is 9.53 Å². The van der Waals surface area contributed by atoms with Crippen LogP contribution in [0.1, 0.15) is 10.4 Å². The molecule has 0 aliphatic heterocycles. The Kier molecular flexibility index (Phi) is 4.83. The minimum atomic E-state index is -0.109. The van der Waals surface area contributed by atoms with Crippen molar-refractivity contribution >= 4 is 43.5 Å². The first-order valence-electron chi connectivity index (χ1n) is 5.90. The van der Waals surface area contributed by atoms with E-state index in [0.29, 0.717) is 11.3 Å². The molecular formula is C15H13Br2NO2. The number of benzene rings is 2. The summed E-state index contributed by atoms with van der Waals surface area (Å²) in [7, 11) is 3.32. The normalized spacial score (nSPS) is 10.2. The van der Waals surface area contributed by atoms with E-state index in [-0.39, 0.29) is 5.91 Å². The standard InChI is InChI=1S/C15H13Br2NO2/c1-18(13-5-3-4-6-14(13)20-2)15(19)11-9-10(16)7-8-12(11)17/h3-9H,1-2H3. The van der Waals surface area contributed by atoms with Gasteiger partial charge in [-0.2, -0.15) is 0 Å². The summed E-state index contributed by atoms with van der Waals surface area (Å²) in [4.78, 5) is 14.2. The summed E-state index contributed by atoms with van der Waals surface area (Å²) < 4.78 is 6.91. The minimum absolute atomic E-state index is 0.109. The van der Waals surface area contributed by atoms with Gasteiger partial charge in [0.25, 0.3) is 5.91 Å². The number of hydrogen-bond donors (Lipinski definition) is 0. The maximum absolute atomic E-state index is 12.6. The Morgan fingerprint density at radius 1 is 1.15 bits per heavy atom. The van der Waals surface area contributed by atoms with Crippen molar-refractivity contribution in [1.82, 2.24) is 0 Å². The van der Waals surface area contributed by atoms with Gasteiger partial charge in [-0.25, -0.2) is 0 Å². The third kappa shape index (κ3) is 3.04. The quantitative estimate of drug-likeness (QED) is 0.761. The van der Waals surface area contributed by atoms with Gasteiger partial charge >= 0.3 is 0 Å². The largest absolute Gasteiger partial charge is 0.495 e. The van der Waals surface area contributed by atoms with E-state index in [1.54, 1.807) is 25.1 Å². The van der Waals surface area contributed by atoms with Gasteiger partial charge in [0.1, 0.15) is 5.75 Å². The average Bonchev–Trinajstić information content (AvgIpc) is 2.48. The Bertz CT molecular complexity index is 644. The summed E-state index contributed by atoms with van der Waals surface area (Å²) in [5, 5.41) is 0. The van der Waals surface area contributed by atoms with Gasteiger partial charge < -0.3 is 9.64 Å². The number of halogens is 2. The molecule has 20 heavy (non-hydrogen) atoms. The summed E-state index contributed by atoms with van der Waals surface area (Å²) in [6.07, 6.45) is 0. The van der Waals surface area contributed by atoms with Gasteiger partial charge in [-0.15, -0.1) is 0 Å². The van der Waals surface area contributed by atoms with Crippen molar-refractivity contribution in [2.75, 3.05) is 19.1 Å². The molecule has 2 aromatic carbocycles. The molecule has 0 fully saturated rings. The van der Waals surface area contributed by atoms with Gasteiger partial charge in [0.15, 0.2) is 0 Å². The first kappa shape index (κ1) is 15.1. The van der Waals surface area contributed by atoms with Crippen molar-refractivity contribution in [2.24, 2.45) is 0 Å². The zero-order chi connectivity index (χ0) is 14.7. The zero-order valence-electron chi connectivity index (χ0n) is 11.1. The predicted molar refractivity (Wildman–Crippen MR) is 87.6 cm³/mol. The molecule has 0 aliphatic rings.